The van der Waals surface area contributed by atoms with Crippen molar-refractivity contribution in [3.05, 3.63) is 113 Å². The van der Waals surface area contributed by atoms with Gasteiger partial charge in [-0.05, 0) is 84.5 Å². The van der Waals surface area contributed by atoms with Crippen molar-refractivity contribution in [2.24, 2.45) is 5.41 Å². The molecule has 0 aliphatic carbocycles. The second-order valence-electron chi connectivity index (χ2n) is 18.3. The molecular weight excluding hydrogens is 866 g/mol. The summed E-state index contributed by atoms with van der Waals surface area (Å²) < 4.78 is 13.1. The highest BCUT2D eigenvalue weighted by Crippen LogP contribution is 2.34. The van der Waals surface area contributed by atoms with Crippen molar-refractivity contribution in [2.75, 3.05) is 25.6 Å². The third-order valence-corrected chi connectivity index (χ3v) is 13.1. The highest BCUT2D eigenvalue weighted by atomic mass is 35.5. The summed E-state index contributed by atoms with van der Waals surface area (Å²) in [6, 6.07) is 22.1. The maximum absolute atomic E-state index is 14.1. The number of carbonyl (C=O) groups excluding carboxylic acids is 3. The molecule has 1 fully saturated rings. The number of ether oxygens (including phenoxy) is 2. The van der Waals surface area contributed by atoms with Gasteiger partial charge < -0.3 is 35.2 Å². The molecule has 0 spiro atoms. The minimum absolute atomic E-state index is 0.00887. The minimum atomic E-state index is -0.957. The standard InChI is InChI=1S/C49H62ClN7O7S/c1-32-44(65-31-52-32)34-13-11-33(12-14-34)26-51-46(61)42-24-38(58)28-57(42)47(62)45(48(2,3)4)53-43(60)29-56-27-37(54-55-56)10-8-7-9-23-63-40-19-15-35(16-20-40)49(5,6)36-17-21-41(22-18-36)64-30-39(59)25-50/h11-22,27,31,38-39,42,45,58-59H,7-10,23-26,28-30H2,1-6H3,(H,51,61)(H,53,60)/t38-,39-,42+,45-/m1/s1. The highest BCUT2D eigenvalue weighted by Gasteiger charge is 2.44. The number of carbonyl (C=O) groups is 3. The van der Waals surface area contributed by atoms with Crippen LogP contribution in [0.1, 0.15) is 88.4 Å². The zero-order chi connectivity index (χ0) is 46.7. The van der Waals surface area contributed by atoms with Crippen molar-refractivity contribution in [1.29, 1.82) is 0 Å². The fourth-order valence-electron chi connectivity index (χ4n) is 7.78. The number of rotatable bonds is 21. The van der Waals surface area contributed by atoms with E-state index in [1.165, 1.54) is 9.58 Å². The molecule has 4 atom stereocenters. The van der Waals surface area contributed by atoms with Crippen molar-refractivity contribution in [2.45, 2.75) is 116 Å². The molecule has 1 saturated heterocycles. The third-order valence-electron chi connectivity index (χ3n) is 11.7. The largest absolute Gasteiger partial charge is 0.494 e. The molecular formula is C49H62ClN7O7S. The first-order chi connectivity index (χ1) is 31.0. The minimum Gasteiger partial charge on any atom is -0.494 e. The number of benzene rings is 3. The molecule has 0 bridgehead atoms. The number of likely N-dealkylation sites (tertiary alicyclic amines) is 1. The molecule has 4 N–H and O–H groups in total. The molecule has 0 unspecified atom stereocenters. The van der Waals surface area contributed by atoms with E-state index >= 15 is 0 Å². The number of nitrogens with zero attached hydrogens (tertiary/aromatic N) is 5. The highest BCUT2D eigenvalue weighted by molar-refractivity contribution is 7.13. The predicted molar refractivity (Wildman–Crippen MR) is 252 cm³/mol. The number of halogens is 1. The monoisotopic (exact) mass is 927 g/mol. The summed E-state index contributed by atoms with van der Waals surface area (Å²) in [6.07, 6.45) is 3.62. The average Bonchev–Trinajstić information content (AvgIpc) is 4.04. The van der Waals surface area contributed by atoms with Crippen LogP contribution in [-0.4, -0.2) is 103 Å². The molecule has 14 nitrogen and oxygen atoms in total. The summed E-state index contributed by atoms with van der Waals surface area (Å²) in [5.74, 6) is 0.412. The van der Waals surface area contributed by atoms with Gasteiger partial charge in [-0.25, -0.2) is 9.67 Å². The number of nitrogens with one attached hydrogen (secondary N) is 2. The van der Waals surface area contributed by atoms with Crippen LogP contribution >= 0.6 is 22.9 Å². The van der Waals surface area contributed by atoms with Crippen molar-refractivity contribution in [1.82, 2.24) is 35.5 Å². The van der Waals surface area contributed by atoms with Gasteiger partial charge in [-0.1, -0.05) is 88.4 Å². The molecule has 2 aromatic heterocycles. The quantitative estimate of drug-likeness (QED) is 0.0462. The molecule has 3 aromatic carbocycles. The number of β-amino-alcohol motifs (C(OH)–C–C–N with tert-alkyl or cyclic N) is 1. The Bertz CT molecular complexity index is 2330. The first-order valence-electron chi connectivity index (χ1n) is 22.2. The predicted octanol–water partition coefficient (Wildman–Crippen LogP) is 6.62. The lowest BCUT2D eigenvalue weighted by Gasteiger charge is -2.35. The number of aliphatic hydroxyl groups excluding tert-OH is 2. The van der Waals surface area contributed by atoms with E-state index in [9.17, 15) is 24.6 Å². The molecule has 5 aromatic rings. The van der Waals surface area contributed by atoms with Gasteiger partial charge in [0.05, 0.1) is 40.4 Å². The van der Waals surface area contributed by atoms with Crippen LogP contribution in [0.3, 0.4) is 0 Å². The normalized spacial score (nSPS) is 16.2. The lowest BCUT2D eigenvalue weighted by molar-refractivity contribution is -0.144. The van der Waals surface area contributed by atoms with Crippen LogP contribution in [-0.2, 0) is 39.3 Å². The summed E-state index contributed by atoms with van der Waals surface area (Å²) in [7, 11) is 0. The lowest BCUT2D eigenvalue weighted by Crippen LogP contribution is -2.58. The van der Waals surface area contributed by atoms with Crippen LogP contribution in [0.4, 0.5) is 0 Å². The fraction of sp³-hybridized carbons (Fsp3) is 0.469. The van der Waals surface area contributed by atoms with Gasteiger partial charge in [0.15, 0.2) is 0 Å². The number of aliphatic hydroxyl groups is 2. The number of amides is 3. The Hall–Kier alpha value is -5.35. The smallest absolute Gasteiger partial charge is 0.246 e. The van der Waals surface area contributed by atoms with Gasteiger partial charge in [0.1, 0.15) is 42.8 Å². The van der Waals surface area contributed by atoms with E-state index in [0.717, 1.165) is 63.5 Å². The lowest BCUT2D eigenvalue weighted by atomic mass is 9.78. The van der Waals surface area contributed by atoms with Crippen molar-refractivity contribution in [3.63, 3.8) is 0 Å². The first kappa shape index (κ1) is 49.1. The fourth-order valence-corrected chi connectivity index (χ4v) is 8.68. The first-order valence-corrected chi connectivity index (χ1v) is 23.6. The second-order valence-corrected chi connectivity index (χ2v) is 19.5. The van der Waals surface area contributed by atoms with Crippen molar-refractivity contribution >= 4 is 40.7 Å². The van der Waals surface area contributed by atoms with Crippen molar-refractivity contribution < 1.29 is 34.1 Å². The summed E-state index contributed by atoms with van der Waals surface area (Å²) in [6.45, 7) is 12.7. The summed E-state index contributed by atoms with van der Waals surface area (Å²) >= 11 is 7.24. The zero-order valence-electron chi connectivity index (χ0n) is 38.1. The van der Waals surface area contributed by atoms with Gasteiger partial charge in [0.2, 0.25) is 17.7 Å². The van der Waals surface area contributed by atoms with Crippen LogP contribution in [0, 0.1) is 12.3 Å². The Labute approximate surface area is 390 Å². The Morgan fingerprint density at radius 3 is 2.20 bits per heavy atom. The van der Waals surface area contributed by atoms with Crippen LogP contribution in [0.5, 0.6) is 11.5 Å². The van der Waals surface area contributed by atoms with Crippen LogP contribution in [0.25, 0.3) is 10.4 Å². The number of aryl methyl sites for hydroxylation is 2. The Morgan fingerprint density at radius 2 is 1.58 bits per heavy atom. The van der Waals surface area contributed by atoms with Gasteiger partial charge in [-0.3, -0.25) is 14.4 Å². The molecule has 6 rings (SSSR count). The van der Waals surface area contributed by atoms with Gasteiger partial charge in [0, 0.05) is 31.1 Å². The van der Waals surface area contributed by atoms with Gasteiger partial charge in [-0.2, -0.15) is 0 Å². The van der Waals surface area contributed by atoms with Gasteiger partial charge in [0.25, 0.3) is 0 Å². The second kappa shape index (κ2) is 22.2. The van der Waals surface area contributed by atoms with E-state index in [4.69, 9.17) is 21.1 Å². The van der Waals surface area contributed by atoms with E-state index in [1.54, 1.807) is 17.5 Å². The average molecular weight is 929 g/mol. The molecule has 0 saturated carbocycles. The molecule has 0 radical (unpaired) electrons. The van der Waals surface area contributed by atoms with Gasteiger partial charge >= 0.3 is 0 Å². The Kier molecular flexibility index (Phi) is 16.8. The van der Waals surface area contributed by atoms with Gasteiger partial charge in [-0.15, -0.1) is 28.0 Å². The number of alkyl halides is 1. The molecule has 1 aliphatic rings. The maximum atomic E-state index is 14.1. The molecule has 348 valence electrons. The van der Waals surface area contributed by atoms with E-state index in [2.05, 4.69) is 51.9 Å². The number of thiazole rings is 1. The molecule has 3 heterocycles. The Morgan fingerprint density at radius 1 is 0.923 bits per heavy atom. The van der Waals surface area contributed by atoms with E-state index < -0.39 is 41.5 Å². The molecule has 3 amide bonds. The van der Waals surface area contributed by atoms with Crippen LogP contribution in [0.15, 0.2) is 84.5 Å². The Balaban J connectivity index is 0.916. The van der Waals surface area contributed by atoms with Crippen LogP contribution in [0.2, 0.25) is 0 Å². The topological polar surface area (TPSA) is 181 Å². The SMILES string of the molecule is Cc1ncsc1-c1ccc(CNC(=O)[C@@H]2C[C@@H](O)CN2C(=O)[C@@H](NC(=O)Cn2cc(CCCCCOc3ccc(C(C)(C)c4ccc(OC[C@H](O)CCl)cc4)cc3)nn2)C(C)(C)C)cc1. The van der Waals surface area contributed by atoms with E-state index in [1.807, 2.05) is 93.9 Å². The molecule has 1 aliphatic heterocycles. The number of unbranched alkanes of at least 4 members (excludes halogenated alkanes) is 2. The summed E-state index contributed by atoms with van der Waals surface area (Å²) in [5.41, 5.74) is 6.85. The number of hydrogen-bond acceptors (Lipinski definition) is 11. The van der Waals surface area contributed by atoms with Crippen molar-refractivity contribution in [3.8, 4) is 21.9 Å². The number of hydrogen-bond donors (Lipinski definition) is 4. The zero-order valence-corrected chi connectivity index (χ0v) is 39.7. The summed E-state index contributed by atoms with van der Waals surface area (Å²) in [4.78, 5) is 47.7. The van der Waals surface area contributed by atoms with E-state index in [-0.39, 0.29) is 49.9 Å². The maximum Gasteiger partial charge on any atom is 0.246 e. The number of aromatic nitrogens is 4. The summed E-state index contributed by atoms with van der Waals surface area (Å²) in [5, 5.41) is 34.5. The molecule has 16 heteroatoms. The van der Waals surface area contributed by atoms with E-state index in [0.29, 0.717) is 18.8 Å². The van der Waals surface area contributed by atoms with Crippen LogP contribution < -0.4 is 20.1 Å². The third kappa shape index (κ3) is 13.4. The molecule has 65 heavy (non-hydrogen) atoms.